The van der Waals surface area contributed by atoms with E-state index in [0.29, 0.717) is 23.2 Å². The topological polar surface area (TPSA) is 119 Å². The number of anilines is 2. The predicted octanol–water partition coefficient (Wildman–Crippen LogP) is 3.05. The molecule has 4 aromatic rings. The summed E-state index contributed by atoms with van der Waals surface area (Å²) in [6.07, 6.45) is 8.41. The van der Waals surface area contributed by atoms with Gasteiger partial charge in [-0.1, -0.05) is 35.8 Å². The smallest absolute Gasteiger partial charge is 0.278 e. The summed E-state index contributed by atoms with van der Waals surface area (Å²) in [6, 6.07) is 12.3. The highest BCUT2D eigenvalue weighted by atomic mass is 16.5. The second-order valence-electron chi connectivity index (χ2n) is 8.90. The van der Waals surface area contributed by atoms with Crippen molar-refractivity contribution in [3.8, 4) is 22.7 Å². The molecule has 0 spiro atoms. The first kappa shape index (κ1) is 20.7. The lowest BCUT2D eigenvalue weighted by Gasteiger charge is -2.39. The number of nitrogens with zero attached hydrogens (tertiary/aromatic N) is 6. The van der Waals surface area contributed by atoms with Crippen molar-refractivity contribution in [2.24, 2.45) is 0 Å². The van der Waals surface area contributed by atoms with Crippen molar-refractivity contribution < 1.29 is 4.52 Å². The third kappa shape index (κ3) is 3.67. The summed E-state index contributed by atoms with van der Waals surface area (Å²) in [4.78, 5) is 20.3. The van der Waals surface area contributed by atoms with Crippen molar-refractivity contribution in [3.05, 3.63) is 66.4 Å². The van der Waals surface area contributed by atoms with Gasteiger partial charge in [-0.2, -0.15) is 4.98 Å². The zero-order valence-corrected chi connectivity index (χ0v) is 18.8. The Bertz CT molecular complexity index is 1260. The van der Waals surface area contributed by atoms with Gasteiger partial charge in [0.15, 0.2) is 5.82 Å². The standard InChI is InChI=1S/C25H26N8O/c26-21-7-4-18(14-29-21)17-2-5-19(6-3-17)25(8-1-9-25)24-31-23(34-32-24)20-15-30-22(16-28-20)33-12-10-27-11-13-33/h2-7,14-16,27H,1,8-13H2,(H2,26,29). The minimum atomic E-state index is -0.228. The molecule has 9 heteroatoms. The summed E-state index contributed by atoms with van der Waals surface area (Å²) in [6.45, 7) is 3.76. The molecule has 0 amide bonds. The van der Waals surface area contributed by atoms with E-state index in [1.54, 1.807) is 18.6 Å². The molecule has 172 valence electrons. The number of pyridine rings is 1. The summed E-state index contributed by atoms with van der Waals surface area (Å²) in [5.41, 5.74) is 9.41. The zero-order chi connectivity index (χ0) is 23.0. The van der Waals surface area contributed by atoms with Gasteiger partial charge in [0.1, 0.15) is 17.3 Å². The third-order valence-corrected chi connectivity index (χ3v) is 6.92. The Morgan fingerprint density at radius 3 is 2.32 bits per heavy atom. The van der Waals surface area contributed by atoms with Crippen LogP contribution in [-0.4, -0.2) is 51.3 Å². The highest BCUT2D eigenvalue weighted by Crippen LogP contribution is 2.48. The number of hydrogen-bond acceptors (Lipinski definition) is 9. The van der Waals surface area contributed by atoms with Crippen LogP contribution >= 0.6 is 0 Å². The molecule has 0 unspecified atom stereocenters. The van der Waals surface area contributed by atoms with Crippen molar-refractivity contribution in [2.45, 2.75) is 24.7 Å². The van der Waals surface area contributed by atoms with Crippen LogP contribution in [0.3, 0.4) is 0 Å². The van der Waals surface area contributed by atoms with Gasteiger partial charge in [0.2, 0.25) is 0 Å². The minimum Gasteiger partial charge on any atom is -0.384 e. The van der Waals surface area contributed by atoms with Crippen LogP contribution in [0.15, 0.2) is 59.5 Å². The van der Waals surface area contributed by atoms with Gasteiger partial charge in [-0.05, 0) is 36.1 Å². The van der Waals surface area contributed by atoms with Crippen LogP contribution in [0.5, 0.6) is 0 Å². The van der Waals surface area contributed by atoms with Crippen molar-refractivity contribution in [1.29, 1.82) is 0 Å². The highest BCUT2D eigenvalue weighted by Gasteiger charge is 2.44. The minimum absolute atomic E-state index is 0.228. The summed E-state index contributed by atoms with van der Waals surface area (Å²) >= 11 is 0. The van der Waals surface area contributed by atoms with Gasteiger partial charge in [-0.25, -0.2) is 15.0 Å². The van der Waals surface area contributed by atoms with Crippen molar-refractivity contribution in [1.82, 2.24) is 30.4 Å². The molecule has 2 aliphatic rings. The lowest BCUT2D eigenvalue weighted by Crippen LogP contribution is -2.43. The molecule has 6 rings (SSSR count). The van der Waals surface area contributed by atoms with Crippen LogP contribution in [0.4, 0.5) is 11.6 Å². The normalized spacial score (nSPS) is 17.4. The summed E-state index contributed by atoms with van der Waals surface area (Å²) in [5.74, 6) is 2.51. The number of nitrogens with two attached hydrogens (primary N) is 1. The van der Waals surface area contributed by atoms with Crippen molar-refractivity contribution >= 4 is 11.6 Å². The SMILES string of the molecule is Nc1ccc(-c2ccc(C3(c4noc(-c5cnc(N6CCNCC6)cn5)n4)CCC3)cc2)cn1. The van der Waals surface area contributed by atoms with E-state index in [-0.39, 0.29) is 5.41 Å². The molecule has 3 aromatic heterocycles. The van der Waals surface area contributed by atoms with E-state index in [9.17, 15) is 0 Å². The molecule has 1 aliphatic carbocycles. The van der Waals surface area contributed by atoms with Crippen LogP contribution in [0.2, 0.25) is 0 Å². The van der Waals surface area contributed by atoms with Gasteiger partial charge in [-0.3, -0.25) is 0 Å². The average molecular weight is 455 g/mol. The van der Waals surface area contributed by atoms with Crippen LogP contribution in [0, 0.1) is 0 Å². The largest absolute Gasteiger partial charge is 0.384 e. The molecule has 2 fully saturated rings. The first-order valence-corrected chi connectivity index (χ1v) is 11.7. The quantitative estimate of drug-likeness (QED) is 0.469. The maximum Gasteiger partial charge on any atom is 0.278 e. The molecule has 9 nitrogen and oxygen atoms in total. The second kappa shape index (κ2) is 8.49. The van der Waals surface area contributed by atoms with E-state index in [2.05, 4.69) is 54.6 Å². The van der Waals surface area contributed by atoms with E-state index in [1.807, 2.05) is 12.1 Å². The first-order chi connectivity index (χ1) is 16.7. The van der Waals surface area contributed by atoms with Crippen LogP contribution in [0.25, 0.3) is 22.7 Å². The third-order valence-electron chi connectivity index (χ3n) is 6.92. The zero-order valence-electron chi connectivity index (χ0n) is 18.8. The lowest BCUT2D eigenvalue weighted by atomic mass is 9.64. The molecule has 4 heterocycles. The Morgan fingerprint density at radius 2 is 1.68 bits per heavy atom. The van der Waals surface area contributed by atoms with E-state index < -0.39 is 0 Å². The Balaban J connectivity index is 1.24. The maximum absolute atomic E-state index is 5.71. The summed E-state index contributed by atoms with van der Waals surface area (Å²) in [7, 11) is 0. The molecule has 0 atom stereocenters. The number of rotatable bonds is 5. The van der Waals surface area contributed by atoms with Gasteiger partial charge >= 0.3 is 0 Å². The molecule has 1 aliphatic heterocycles. The summed E-state index contributed by atoms with van der Waals surface area (Å²) in [5, 5.41) is 7.72. The van der Waals surface area contributed by atoms with Gasteiger partial charge in [0.05, 0.1) is 17.8 Å². The number of benzene rings is 1. The molecule has 0 bridgehead atoms. The van der Waals surface area contributed by atoms with Gasteiger partial charge in [0.25, 0.3) is 5.89 Å². The monoisotopic (exact) mass is 454 g/mol. The van der Waals surface area contributed by atoms with E-state index >= 15 is 0 Å². The maximum atomic E-state index is 5.71. The molecule has 3 N–H and O–H groups in total. The highest BCUT2D eigenvalue weighted by molar-refractivity contribution is 5.64. The van der Waals surface area contributed by atoms with E-state index in [1.165, 1.54) is 5.56 Å². The summed E-state index contributed by atoms with van der Waals surface area (Å²) < 4.78 is 5.64. The Morgan fingerprint density at radius 1 is 0.882 bits per heavy atom. The Kier molecular flexibility index (Phi) is 5.18. The fourth-order valence-electron chi connectivity index (χ4n) is 4.74. The van der Waals surface area contributed by atoms with E-state index in [4.69, 9.17) is 15.2 Å². The van der Waals surface area contributed by atoms with Crippen molar-refractivity contribution in [3.63, 3.8) is 0 Å². The molecule has 1 saturated heterocycles. The van der Waals surface area contributed by atoms with Crippen LogP contribution in [0.1, 0.15) is 30.7 Å². The molecule has 34 heavy (non-hydrogen) atoms. The lowest BCUT2D eigenvalue weighted by molar-refractivity contribution is 0.273. The molecule has 0 radical (unpaired) electrons. The Hall–Kier alpha value is -3.85. The van der Waals surface area contributed by atoms with Crippen LogP contribution in [-0.2, 0) is 5.41 Å². The average Bonchev–Trinajstić information content (AvgIpc) is 3.35. The molecular formula is C25H26N8O. The fourth-order valence-corrected chi connectivity index (χ4v) is 4.74. The number of aromatic nitrogens is 5. The molecule has 1 aromatic carbocycles. The van der Waals surface area contributed by atoms with E-state index in [0.717, 1.165) is 62.4 Å². The number of nitrogens with one attached hydrogen (secondary N) is 1. The number of hydrogen-bond donors (Lipinski definition) is 2. The second-order valence-corrected chi connectivity index (χ2v) is 8.90. The number of piperazine rings is 1. The Labute approximate surface area is 197 Å². The van der Waals surface area contributed by atoms with Gasteiger partial charge < -0.3 is 20.5 Å². The first-order valence-electron chi connectivity index (χ1n) is 11.7. The van der Waals surface area contributed by atoms with Gasteiger partial charge in [-0.15, -0.1) is 0 Å². The predicted molar refractivity (Wildman–Crippen MR) is 129 cm³/mol. The van der Waals surface area contributed by atoms with Crippen molar-refractivity contribution in [2.75, 3.05) is 36.8 Å². The molecular weight excluding hydrogens is 428 g/mol. The number of nitrogen functional groups attached to an aromatic ring is 1. The van der Waals surface area contributed by atoms with Crippen LogP contribution < -0.4 is 16.0 Å². The van der Waals surface area contributed by atoms with Gasteiger partial charge in [0, 0.05) is 37.9 Å². The molecule has 1 saturated carbocycles. The fraction of sp³-hybridized carbons (Fsp3) is 0.320.